The van der Waals surface area contributed by atoms with Crippen molar-refractivity contribution in [2.24, 2.45) is 0 Å². The Morgan fingerprint density at radius 3 is 2.46 bits per heavy atom. The molecule has 1 atom stereocenters. The first-order chi connectivity index (χ1) is 11.7. The Hall–Kier alpha value is -2.82. The Morgan fingerprint density at radius 1 is 1.08 bits per heavy atom. The SMILES string of the molecule is COC(=O)C(c1ccc(OC)cc1)N1CCc2ccccc2C1=O. The lowest BCUT2D eigenvalue weighted by atomic mass is 9.95. The van der Waals surface area contributed by atoms with Crippen LogP contribution in [0.4, 0.5) is 0 Å². The highest BCUT2D eigenvalue weighted by Crippen LogP contribution is 2.29. The first-order valence-corrected chi connectivity index (χ1v) is 7.76. The van der Waals surface area contributed by atoms with Gasteiger partial charge in [-0.25, -0.2) is 4.79 Å². The normalized spacial score (nSPS) is 14.8. The Balaban J connectivity index is 1.98. The first kappa shape index (κ1) is 16.1. The van der Waals surface area contributed by atoms with Gasteiger partial charge in [0.15, 0.2) is 6.04 Å². The van der Waals surface area contributed by atoms with E-state index < -0.39 is 12.0 Å². The Labute approximate surface area is 140 Å². The molecule has 1 heterocycles. The molecule has 0 N–H and O–H groups in total. The second kappa shape index (κ2) is 6.74. The van der Waals surface area contributed by atoms with Crippen LogP contribution in [0, 0.1) is 0 Å². The fraction of sp³-hybridized carbons (Fsp3) is 0.263. The molecule has 0 aromatic heterocycles. The van der Waals surface area contributed by atoms with Crippen LogP contribution in [-0.4, -0.2) is 37.5 Å². The average Bonchev–Trinajstić information content (AvgIpc) is 2.64. The third kappa shape index (κ3) is 2.85. The molecular weight excluding hydrogens is 306 g/mol. The standard InChI is InChI=1S/C19H19NO4/c1-23-15-9-7-14(8-10-15)17(19(22)24-2)20-12-11-13-5-3-4-6-16(13)18(20)21/h3-10,17H,11-12H2,1-2H3. The van der Waals surface area contributed by atoms with Crippen LogP contribution in [-0.2, 0) is 16.0 Å². The Bertz CT molecular complexity index is 754. The quantitative estimate of drug-likeness (QED) is 0.811. The maximum Gasteiger partial charge on any atom is 0.333 e. The number of ether oxygens (including phenoxy) is 2. The zero-order chi connectivity index (χ0) is 17.1. The van der Waals surface area contributed by atoms with Crippen molar-refractivity contribution in [2.45, 2.75) is 12.5 Å². The zero-order valence-corrected chi connectivity index (χ0v) is 13.7. The second-order valence-electron chi connectivity index (χ2n) is 5.60. The molecule has 0 aliphatic carbocycles. The predicted molar refractivity (Wildman–Crippen MR) is 88.9 cm³/mol. The lowest BCUT2D eigenvalue weighted by molar-refractivity contribution is -0.146. The van der Waals surface area contributed by atoms with Crippen molar-refractivity contribution in [2.75, 3.05) is 20.8 Å². The van der Waals surface area contributed by atoms with Crippen molar-refractivity contribution in [1.29, 1.82) is 0 Å². The number of esters is 1. The molecule has 0 spiro atoms. The third-order valence-electron chi connectivity index (χ3n) is 4.30. The highest BCUT2D eigenvalue weighted by molar-refractivity contribution is 5.99. The molecule has 124 valence electrons. The van der Waals surface area contributed by atoms with Crippen LogP contribution in [0.3, 0.4) is 0 Å². The summed E-state index contributed by atoms with van der Waals surface area (Å²) in [6.07, 6.45) is 0.714. The summed E-state index contributed by atoms with van der Waals surface area (Å²) < 4.78 is 10.1. The molecule has 1 aliphatic rings. The van der Waals surface area contributed by atoms with Gasteiger partial charge >= 0.3 is 5.97 Å². The molecule has 5 nitrogen and oxygen atoms in total. The molecule has 1 amide bonds. The number of amides is 1. The van der Waals surface area contributed by atoms with Gasteiger partial charge in [-0.2, -0.15) is 0 Å². The van der Waals surface area contributed by atoms with Gasteiger partial charge in [-0.15, -0.1) is 0 Å². The number of fused-ring (bicyclic) bond motifs is 1. The molecule has 5 heteroatoms. The van der Waals surface area contributed by atoms with Gasteiger partial charge in [0.2, 0.25) is 0 Å². The van der Waals surface area contributed by atoms with Crippen LogP contribution in [0.15, 0.2) is 48.5 Å². The summed E-state index contributed by atoms with van der Waals surface area (Å²) in [6.45, 7) is 0.474. The molecule has 0 radical (unpaired) electrons. The highest BCUT2D eigenvalue weighted by atomic mass is 16.5. The summed E-state index contributed by atoms with van der Waals surface area (Å²) in [5, 5.41) is 0. The molecule has 0 bridgehead atoms. The van der Waals surface area contributed by atoms with Gasteiger partial charge in [-0.05, 0) is 35.7 Å². The number of hydrogen-bond acceptors (Lipinski definition) is 4. The maximum atomic E-state index is 12.9. The summed E-state index contributed by atoms with van der Waals surface area (Å²) in [7, 11) is 2.92. The summed E-state index contributed by atoms with van der Waals surface area (Å²) in [5.41, 5.74) is 2.36. The molecule has 0 fully saturated rings. The molecule has 1 aliphatic heterocycles. The van der Waals surface area contributed by atoms with Crippen LogP contribution in [0.25, 0.3) is 0 Å². The van der Waals surface area contributed by atoms with Crippen molar-refractivity contribution >= 4 is 11.9 Å². The fourth-order valence-corrected chi connectivity index (χ4v) is 3.03. The Morgan fingerprint density at radius 2 is 1.79 bits per heavy atom. The van der Waals surface area contributed by atoms with E-state index in [0.29, 0.717) is 29.8 Å². The fourth-order valence-electron chi connectivity index (χ4n) is 3.03. The van der Waals surface area contributed by atoms with Gasteiger partial charge in [0.1, 0.15) is 5.75 Å². The molecular formula is C19H19NO4. The molecule has 0 saturated heterocycles. The van der Waals surface area contributed by atoms with E-state index in [0.717, 1.165) is 5.56 Å². The van der Waals surface area contributed by atoms with Crippen molar-refractivity contribution in [3.05, 3.63) is 65.2 Å². The summed E-state index contributed by atoms with van der Waals surface area (Å²) in [4.78, 5) is 26.8. The number of carbonyl (C=O) groups excluding carboxylic acids is 2. The summed E-state index contributed by atoms with van der Waals surface area (Å²) in [6, 6.07) is 13.9. The minimum atomic E-state index is -0.762. The van der Waals surface area contributed by atoms with Crippen LogP contribution < -0.4 is 4.74 Å². The van der Waals surface area contributed by atoms with Gasteiger partial charge in [0, 0.05) is 12.1 Å². The highest BCUT2D eigenvalue weighted by Gasteiger charge is 2.35. The van der Waals surface area contributed by atoms with Crippen LogP contribution in [0.1, 0.15) is 27.5 Å². The third-order valence-corrected chi connectivity index (χ3v) is 4.30. The lowest BCUT2D eigenvalue weighted by Gasteiger charge is -2.34. The van der Waals surface area contributed by atoms with Gasteiger partial charge in [0.25, 0.3) is 5.91 Å². The molecule has 24 heavy (non-hydrogen) atoms. The number of rotatable bonds is 4. The second-order valence-corrected chi connectivity index (χ2v) is 5.60. The van der Waals surface area contributed by atoms with Crippen molar-refractivity contribution < 1.29 is 19.1 Å². The van der Waals surface area contributed by atoms with Gasteiger partial charge in [0.05, 0.1) is 14.2 Å². The van der Waals surface area contributed by atoms with E-state index in [1.54, 1.807) is 42.3 Å². The lowest BCUT2D eigenvalue weighted by Crippen LogP contribution is -2.43. The average molecular weight is 325 g/mol. The maximum absolute atomic E-state index is 12.9. The first-order valence-electron chi connectivity index (χ1n) is 7.76. The van der Waals surface area contributed by atoms with Crippen LogP contribution in [0.5, 0.6) is 5.75 Å². The number of nitrogens with zero attached hydrogens (tertiary/aromatic N) is 1. The zero-order valence-electron chi connectivity index (χ0n) is 13.7. The smallest absolute Gasteiger partial charge is 0.333 e. The van der Waals surface area contributed by atoms with Crippen molar-refractivity contribution in [1.82, 2.24) is 4.90 Å². The number of methoxy groups -OCH3 is 2. The number of hydrogen-bond donors (Lipinski definition) is 0. The predicted octanol–water partition coefficient (Wildman–Crippen LogP) is 2.61. The van der Waals surface area contributed by atoms with Gasteiger partial charge in [-0.1, -0.05) is 30.3 Å². The van der Waals surface area contributed by atoms with Crippen molar-refractivity contribution in [3.63, 3.8) is 0 Å². The van der Waals surface area contributed by atoms with E-state index in [9.17, 15) is 9.59 Å². The molecule has 3 rings (SSSR count). The van der Waals surface area contributed by atoms with Crippen molar-refractivity contribution in [3.8, 4) is 5.75 Å². The topological polar surface area (TPSA) is 55.8 Å². The summed E-state index contributed by atoms with van der Waals surface area (Å²) >= 11 is 0. The minimum absolute atomic E-state index is 0.150. The van der Waals surface area contributed by atoms with Crippen LogP contribution >= 0.6 is 0 Å². The van der Waals surface area contributed by atoms with E-state index in [-0.39, 0.29) is 5.91 Å². The van der Waals surface area contributed by atoms with Gasteiger partial charge < -0.3 is 14.4 Å². The molecule has 2 aromatic carbocycles. The molecule has 2 aromatic rings. The summed E-state index contributed by atoms with van der Waals surface area (Å²) in [5.74, 6) is 0.0913. The number of benzene rings is 2. The largest absolute Gasteiger partial charge is 0.497 e. The molecule has 0 saturated carbocycles. The number of carbonyl (C=O) groups is 2. The molecule has 1 unspecified atom stereocenters. The van der Waals surface area contributed by atoms with E-state index in [1.807, 2.05) is 18.2 Å². The van der Waals surface area contributed by atoms with E-state index in [2.05, 4.69) is 0 Å². The van der Waals surface area contributed by atoms with Gasteiger partial charge in [-0.3, -0.25) is 4.79 Å². The van der Waals surface area contributed by atoms with Crippen LogP contribution in [0.2, 0.25) is 0 Å². The monoisotopic (exact) mass is 325 g/mol. The minimum Gasteiger partial charge on any atom is -0.497 e. The van der Waals surface area contributed by atoms with E-state index in [1.165, 1.54) is 7.11 Å². The van der Waals surface area contributed by atoms with E-state index in [4.69, 9.17) is 9.47 Å². The van der Waals surface area contributed by atoms with E-state index >= 15 is 0 Å². The Kier molecular flexibility index (Phi) is 4.51.